The summed E-state index contributed by atoms with van der Waals surface area (Å²) in [5.41, 5.74) is -0.334. The highest BCUT2D eigenvalue weighted by Gasteiger charge is 2.35. The van der Waals surface area contributed by atoms with E-state index in [-0.39, 0.29) is 5.15 Å². The highest BCUT2D eigenvalue weighted by atomic mass is 35.5. The monoisotopic (exact) mass is 303 g/mol. The van der Waals surface area contributed by atoms with Crippen LogP contribution >= 0.6 is 22.9 Å². The predicted molar refractivity (Wildman–Crippen MR) is 66.8 cm³/mol. The van der Waals surface area contributed by atoms with Crippen LogP contribution in [0.4, 0.5) is 13.2 Å². The lowest BCUT2D eigenvalue weighted by Crippen LogP contribution is -2.07. The Labute approximate surface area is 114 Å². The van der Waals surface area contributed by atoms with Crippen LogP contribution in [0.5, 0.6) is 0 Å². The fraction of sp³-hybridized carbons (Fsp3) is 0.0909. The molecular weight excluding hydrogens is 299 g/mol. The molecule has 3 aromatic rings. The van der Waals surface area contributed by atoms with E-state index in [1.54, 1.807) is 12.1 Å². The number of hydrogen-bond acceptors (Lipinski definition) is 3. The van der Waals surface area contributed by atoms with E-state index in [1.165, 1.54) is 11.3 Å². The molecule has 0 bridgehead atoms. The standard InChI is InChI=1S/C11H5ClF3N3S/c12-9-5-8(11(13,14)15)17-18(9)10-16-6-3-1-2-4-7(6)19-10/h1-5H. The van der Waals surface area contributed by atoms with Gasteiger partial charge in [-0.15, -0.1) is 0 Å². The van der Waals surface area contributed by atoms with E-state index in [1.807, 2.05) is 12.1 Å². The molecule has 3 rings (SSSR count). The molecule has 0 aliphatic heterocycles. The van der Waals surface area contributed by atoms with E-state index in [0.717, 1.165) is 15.4 Å². The number of para-hydroxylation sites is 1. The predicted octanol–water partition coefficient (Wildman–Crippen LogP) is 4.15. The summed E-state index contributed by atoms with van der Waals surface area (Å²) in [6.07, 6.45) is -4.52. The second-order valence-electron chi connectivity index (χ2n) is 3.73. The first kappa shape index (κ1) is 12.4. The SMILES string of the molecule is FC(F)(F)c1cc(Cl)n(-c2nc3ccccc3s2)n1. The van der Waals surface area contributed by atoms with E-state index < -0.39 is 11.9 Å². The van der Waals surface area contributed by atoms with E-state index in [4.69, 9.17) is 11.6 Å². The van der Waals surface area contributed by atoms with Crippen LogP contribution in [0.1, 0.15) is 5.69 Å². The van der Waals surface area contributed by atoms with Crippen molar-refractivity contribution in [3.8, 4) is 5.13 Å². The summed E-state index contributed by atoms with van der Waals surface area (Å²) in [6.45, 7) is 0. The van der Waals surface area contributed by atoms with Crippen molar-refractivity contribution in [2.24, 2.45) is 0 Å². The number of nitrogens with zero attached hydrogens (tertiary/aromatic N) is 3. The Bertz CT molecular complexity index is 714. The van der Waals surface area contributed by atoms with Gasteiger partial charge in [0.05, 0.1) is 10.2 Å². The highest BCUT2D eigenvalue weighted by Crippen LogP contribution is 2.32. The summed E-state index contributed by atoms with van der Waals surface area (Å²) in [6, 6.07) is 8.03. The van der Waals surface area contributed by atoms with Crippen molar-refractivity contribution in [2.45, 2.75) is 6.18 Å². The second-order valence-corrected chi connectivity index (χ2v) is 5.12. The molecule has 98 valence electrons. The minimum absolute atomic E-state index is 0.119. The molecule has 1 aromatic carbocycles. The number of alkyl halides is 3. The van der Waals surface area contributed by atoms with Gasteiger partial charge in [0.15, 0.2) is 5.69 Å². The molecule has 2 heterocycles. The molecule has 0 atom stereocenters. The molecule has 0 fully saturated rings. The van der Waals surface area contributed by atoms with E-state index in [2.05, 4.69) is 10.1 Å². The topological polar surface area (TPSA) is 30.7 Å². The minimum Gasteiger partial charge on any atom is -0.218 e. The van der Waals surface area contributed by atoms with Gasteiger partial charge in [0, 0.05) is 6.07 Å². The minimum atomic E-state index is -4.52. The van der Waals surface area contributed by atoms with Gasteiger partial charge in [0.1, 0.15) is 5.15 Å². The largest absolute Gasteiger partial charge is 0.435 e. The molecular formula is C11H5ClF3N3S. The maximum Gasteiger partial charge on any atom is 0.435 e. The number of benzene rings is 1. The molecule has 0 amide bonds. The molecule has 0 unspecified atom stereocenters. The Morgan fingerprint density at radius 2 is 1.95 bits per heavy atom. The lowest BCUT2D eigenvalue weighted by molar-refractivity contribution is -0.141. The molecule has 0 radical (unpaired) electrons. The average molecular weight is 304 g/mol. The molecule has 0 saturated heterocycles. The third-order valence-electron chi connectivity index (χ3n) is 2.42. The fourth-order valence-corrected chi connectivity index (χ4v) is 2.78. The van der Waals surface area contributed by atoms with Gasteiger partial charge < -0.3 is 0 Å². The first-order chi connectivity index (χ1) is 8.95. The zero-order chi connectivity index (χ0) is 13.6. The van der Waals surface area contributed by atoms with Crippen molar-refractivity contribution in [3.05, 3.63) is 41.2 Å². The summed E-state index contributed by atoms with van der Waals surface area (Å²) in [5, 5.41) is 3.64. The van der Waals surface area contributed by atoms with E-state index in [0.29, 0.717) is 10.6 Å². The van der Waals surface area contributed by atoms with Crippen LogP contribution in [0, 0.1) is 0 Å². The second kappa shape index (κ2) is 4.21. The van der Waals surface area contributed by atoms with Crippen molar-refractivity contribution in [1.29, 1.82) is 0 Å². The number of hydrogen-bond donors (Lipinski definition) is 0. The van der Waals surface area contributed by atoms with Crippen LogP contribution in [0.2, 0.25) is 5.15 Å². The molecule has 0 N–H and O–H groups in total. The van der Waals surface area contributed by atoms with E-state index in [9.17, 15) is 13.2 Å². The molecule has 19 heavy (non-hydrogen) atoms. The highest BCUT2D eigenvalue weighted by molar-refractivity contribution is 7.20. The zero-order valence-corrected chi connectivity index (χ0v) is 10.7. The van der Waals surface area contributed by atoms with Crippen LogP contribution in [0.3, 0.4) is 0 Å². The zero-order valence-electron chi connectivity index (χ0n) is 9.15. The fourth-order valence-electron chi connectivity index (χ4n) is 1.58. The van der Waals surface area contributed by atoms with E-state index >= 15 is 0 Å². The normalized spacial score (nSPS) is 12.2. The molecule has 0 aliphatic rings. The number of halogens is 4. The number of thiazole rings is 1. The maximum absolute atomic E-state index is 12.5. The third-order valence-corrected chi connectivity index (χ3v) is 3.70. The summed E-state index contributed by atoms with van der Waals surface area (Å²) in [4.78, 5) is 4.21. The number of fused-ring (bicyclic) bond motifs is 1. The Morgan fingerprint density at radius 3 is 2.58 bits per heavy atom. The quantitative estimate of drug-likeness (QED) is 0.676. The van der Waals surface area contributed by atoms with Crippen molar-refractivity contribution >= 4 is 33.2 Å². The summed E-state index contributed by atoms with van der Waals surface area (Å²) in [7, 11) is 0. The molecule has 0 spiro atoms. The van der Waals surface area contributed by atoms with Crippen LogP contribution < -0.4 is 0 Å². The smallest absolute Gasteiger partial charge is 0.218 e. The Balaban J connectivity index is 2.13. The molecule has 0 saturated carbocycles. The van der Waals surface area contributed by atoms with Crippen LogP contribution in [-0.4, -0.2) is 14.8 Å². The number of rotatable bonds is 1. The van der Waals surface area contributed by atoms with Crippen LogP contribution in [0.15, 0.2) is 30.3 Å². The number of aromatic nitrogens is 3. The van der Waals surface area contributed by atoms with Crippen molar-refractivity contribution in [3.63, 3.8) is 0 Å². The van der Waals surface area contributed by atoms with Gasteiger partial charge in [-0.2, -0.15) is 23.0 Å². The van der Waals surface area contributed by atoms with Gasteiger partial charge in [-0.1, -0.05) is 35.1 Å². The van der Waals surface area contributed by atoms with Gasteiger partial charge in [-0.05, 0) is 12.1 Å². The first-order valence-corrected chi connectivity index (χ1v) is 6.33. The average Bonchev–Trinajstić information content (AvgIpc) is 2.90. The first-order valence-electron chi connectivity index (χ1n) is 5.14. The lowest BCUT2D eigenvalue weighted by atomic mass is 10.3. The van der Waals surface area contributed by atoms with Crippen molar-refractivity contribution < 1.29 is 13.2 Å². The summed E-state index contributed by atoms with van der Waals surface area (Å²) >= 11 is 7.01. The van der Waals surface area contributed by atoms with Gasteiger partial charge in [0.25, 0.3) is 0 Å². The molecule has 0 aliphatic carbocycles. The van der Waals surface area contributed by atoms with Crippen LogP contribution in [0.25, 0.3) is 15.3 Å². The van der Waals surface area contributed by atoms with Gasteiger partial charge in [0.2, 0.25) is 5.13 Å². The van der Waals surface area contributed by atoms with Crippen molar-refractivity contribution in [1.82, 2.24) is 14.8 Å². The lowest BCUT2D eigenvalue weighted by Gasteiger charge is -2.00. The summed E-state index contributed by atoms with van der Waals surface area (Å²) < 4.78 is 39.5. The summed E-state index contributed by atoms with van der Waals surface area (Å²) in [5.74, 6) is 0. The van der Waals surface area contributed by atoms with Crippen molar-refractivity contribution in [2.75, 3.05) is 0 Å². The third kappa shape index (κ3) is 2.19. The van der Waals surface area contributed by atoms with Gasteiger partial charge in [-0.25, -0.2) is 4.98 Å². The van der Waals surface area contributed by atoms with Gasteiger partial charge in [-0.3, -0.25) is 0 Å². The molecule has 2 aromatic heterocycles. The Kier molecular flexibility index (Phi) is 2.75. The molecule has 3 nitrogen and oxygen atoms in total. The molecule has 8 heteroatoms. The van der Waals surface area contributed by atoms with Crippen LogP contribution in [-0.2, 0) is 6.18 Å². The Hall–Kier alpha value is -1.60. The maximum atomic E-state index is 12.5. The van der Waals surface area contributed by atoms with Gasteiger partial charge >= 0.3 is 6.18 Å². The Morgan fingerprint density at radius 1 is 1.21 bits per heavy atom.